The summed E-state index contributed by atoms with van der Waals surface area (Å²) in [6, 6.07) is 0.813. The predicted octanol–water partition coefficient (Wildman–Crippen LogP) is 1.84. The molecule has 0 aliphatic heterocycles. The van der Waals surface area contributed by atoms with Gasteiger partial charge in [0.1, 0.15) is 5.82 Å². The molecular formula is C10H11F3N6O. The van der Waals surface area contributed by atoms with Crippen LogP contribution < -0.4 is 10.6 Å². The fourth-order valence-corrected chi connectivity index (χ4v) is 1.38. The molecule has 0 bridgehead atoms. The Morgan fingerprint density at radius 1 is 1.25 bits per heavy atom. The first kappa shape index (κ1) is 14.0. The maximum absolute atomic E-state index is 12.7. The molecule has 2 N–H and O–H groups in total. The van der Waals surface area contributed by atoms with Crippen LogP contribution >= 0.6 is 0 Å². The number of hydrogen-bond acceptors (Lipinski definition) is 7. The predicted molar refractivity (Wildman–Crippen MR) is 62.9 cm³/mol. The molecule has 0 saturated heterocycles. The molecule has 2 aromatic rings. The number of nitrogens with one attached hydrogen (secondary N) is 2. The molecule has 10 heteroatoms. The van der Waals surface area contributed by atoms with E-state index in [-0.39, 0.29) is 18.3 Å². The summed E-state index contributed by atoms with van der Waals surface area (Å²) in [5.41, 5.74) is -1.04. The van der Waals surface area contributed by atoms with Gasteiger partial charge in [0.25, 0.3) is 0 Å². The molecule has 2 heterocycles. The van der Waals surface area contributed by atoms with Crippen molar-refractivity contribution in [3.8, 4) is 0 Å². The second kappa shape index (κ2) is 5.31. The molecule has 0 fully saturated rings. The van der Waals surface area contributed by atoms with Gasteiger partial charge in [-0.1, -0.05) is 5.16 Å². The van der Waals surface area contributed by atoms with Crippen LogP contribution in [-0.4, -0.2) is 27.2 Å². The molecule has 0 aliphatic rings. The van der Waals surface area contributed by atoms with Crippen molar-refractivity contribution in [1.82, 2.24) is 20.1 Å². The van der Waals surface area contributed by atoms with E-state index in [9.17, 15) is 13.2 Å². The first-order valence-electron chi connectivity index (χ1n) is 5.55. The molecule has 0 spiro atoms. The molecule has 0 amide bonds. The van der Waals surface area contributed by atoms with Gasteiger partial charge in [-0.25, -0.2) is 4.98 Å². The Morgan fingerprint density at radius 2 is 2.00 bits per heavy atom. The molecule has 7 nitrogen and oxygen atoms in total. The Bertz CT molecular complexity index is 597. The normalized spacial score (nSPS) is 11.4. The van der Waals surface area contributed by atoms with Crippen molar-refractivity contribution in [2.45, 2.75) is 19.6 Å². The molecule has 0 unspecified atom stereocenters. The van der Waals surface area contributed by atoms with Gasteiger partial charge in [-0.15, -0.1) is 0 Å². The third kappa shape index (κ3) is 3.33. The minimum absolute atomic E-state index is 0.0131. The van der Waals surface area contributed by atoms with E-state index in [0.29, 0.717) is 11.7 Å². The Balaban J connectivity index is 2.18. The molecule has 0 aliphatic carbocycles. The average molecular weight is 288 g/mol. The average Bonchev–Trinajstić information content (AvgIpc) is 2.81. The summed E-state index contributed by atoms with van der Waals surface area (Å²) in [5.74, 6) is 0.572. The summed E-state index contributed by atoms with van der Waals surface area (Å²) >= 11 is 0. The van der Waals surface area contributed by atoms with Crippen molar-refractivity contribution in [3.05, 3.63) is 23.5 Å². The van der Waals surface area contributed by atoms with Gasteiger partial charge in [0.15, 0.2) is 11.5 Å². The van der Waals surface area contributed by atoms with Crippen molar-refractivity contribution in [2.24, 2.45) is 0 Å². The van der Waals surface area contributed by atoms with Gasteiger partial charge in [-0.05, 0) is 0 Å². The standard InChI is InChI=1S/C10H11F3N6O/c1-5-16-8(19-20-5)4-15-7-3-6(10(11,12)13)17-9(14-2)18-7/h3H,4H2,1-2H3,(H2,14,15,17,18). The number of anilines is 2. The highest BCUT2D eigenvalue weighted by atomic mass is 19.4. The fraction of sp³-hybridized carbons (Fsp3) is 0.400. The molecule has 108 valence electrons. The van der Waals surface area contributed by atoms with Crippen molar-refractivity contribution in [2.75, 3.05) is 17.7 Å². The number of hydrogen-bond donors (Lipinski definition) is 2. The van der Waals surface area contributed by atoms with Crippen molar-refractivity contribution in [3.63, 3.8) is 0 Å². The van der Waals surface area contributed by atoms with Crippen LogP contribution in [0.2, 0.25) is 0 Å². The molecule has 0 atom stereocenters. The lowest BCUT2D eigenvalue weighted by molar-refractivity contribution is -0.141. The zero-order chi connectivity index (χ0) is 14.8. The smallest absolute Gasteiger partial charge is 0.362 e. The molecule has 2 aromatic heterocycles. The van der Waals surface area contributed by atoms with E-state index in [4.69, 9.17) is 4.52 Å². The Labute approximate surface area is 111 Å². The zero-order valence-electron chi connectivity index (χ0n) is 10.6. The summed E-state index contributed by atoms with van der Waals surface area (Å²) in [5, 5.41) is 8.77. The largest absolute Gasteiger partial charge is 0.433 e. The van der Waals surface area contributed by atoms with Gasteiger partial charge in [0, 0.05) is 20.0 Å². The third-order valence-corrected chi connectivity index (χ3v) is 2.24. The molecule has 0 aromatic carbocycles. The lowest BCUT2D eigenvalue weighted by Gasteiger charge is -2.10. The second-order valence-corrected chi connectivity index (χ2v) is 3.79. The maximum atomic E-state index is 12.7. The van der Waals surface area contributed by atoms with Crippen LogP contribution in [0.25, 0.3) is 0 Å². The number of alkyl halides is 3. The maximum Gasteiger partial charge on any atom is 0.433 e. The monoisotopic (exact) mass is 288 g/mol. The molecular weight excluding hydrogens is 277 g/mol. The van der Waals surface area contributed by atoms with Crippen LogP contribution in [0, 0.1) is 6.92 Å². The van der Waals surface area contributed by atoms with Crippen molar-refractivity contribution in [1.29, 1.82) is 0 Å². The molecule has 20 heavy (non-hydrogen) atoms. The van der Waals surface area contributed by atoms with Crippen LogP contribution in [0.3, 0.4) is 0 Å². The molecule has 0 radical (unpaired) electrons. The van der Waals surface area contributed by atoms with Gasteiger partial charge < -0.3 is 15.2 Å². The topological polar surface area (TPSA) is 88.8 Å². The second-order valence-electron chi connectivity index (χ2n) is 3.79. The van der Waals surface area contributed by atoms with Crippen molar-refractivity contribution < 1.29 is 17.7 Å². The Hall–Kier alpha value is -2.39. The molecule has 2 rings (SSSR count). The summed E-state index contributed by atoms with van der Waals surface area (Å²) in [6.07, 6.45) is -4.55. The van der Waals surface area contributed by atoms with Crippen LogP contribution in [-0.2, 0) is 12.7 Å². The Kier molecular flexibility index (Phi) is 3.72. The van der Waals surface area contributed by atoms with Crippen LogP contribution in [0.4, 0.5) is 24.9 Å². The Morgan fingerprint density at radius 3 is 2.55 bits per heavy atom. The number of rotatable bonds is 4. The SMILES string of the molecule is CNc1nc(NCc2noc(C)n2)cc(C(F)(F)F)n1. The van der Waals surface area contributed by atoms with E-state index < -0.39 is 11.9 Å². The van der Waals surface area contributed by atoms with E-state index in [1.165, 1.54) is 7.05 Å². The lowest BCUT2D eigenvalue weighted by atomic mass is 10.3. The van der Waals surface area contributed by atoms with Crippen LogP contribution in [0.1, 0.15) is 17.4 Å². The van der Waals surface area contributed by atoms with E-state index in [1.54, 1.807) is 6.92 Å². The van der Waals surface area contributed by atoms with E-state index in [1.807, 2.05) is 0 Å². The quantitative estimate of drug-likeness (QED) is 0.887. The van der Waals surface area contributed by atoms with Gasteiger partial charge in [0.2, 0.25) is 11.8 Å². The zero-order valence-corrected chi connectivity index (χ0v) is 10.6. The minimum Gasteiger partial charge on any atom is -0.362 e. The summed E-state index contributed by atoms with van der Waals surface area (Å²) < 4.78 is 42.7. The minimum atomic E-state index is -4.55. The van der Waals surface area contributed by atoms with Gasteiger partial charge in [-0.2, -0.15) is 23.1 Å². The fourth-order valence-electron chi connectivity index (χ4n) is 1.38. The van der Waals surface area contributed by atoms with Crippen LogP contribution in [0.5, 0.6) is 0 Å². The summed E-state index contributed by atoms with van der Waals surface area (Å²) in [4.78, 5) is 11.1. The lowest BCUT2D eigenvalue weighted by Crippen LogP contribution is -2.13. The number of aryl methyl sites for hydroxylation is 1. The van der Waals surface area contributed by atoms with Gasteiger partial charge >= 0.3 is 6.18 Å². The first-order chi connectivity index (χ1) is 9.38. The summed E-state index contributed by atoms with van der Waals surface area (Å²) in [6.45, 7) is 1.71. The highest BCUT2D eigenvalue weighted by Gasteiger charge is 2.33. The van der Waals surface area contributed by atoms with E-state index in [0.717, 1.165) is 6.07 Å². The number of halogens is 3. The first-order valence-corrected chi connectivity index (χ1v) is 5.55. The summed E-state index contributed by atoms with van der Waals surface area (Å²) in [7, 11) is 1.43. The van der Waals surface area contributed by atoms with Crippen molar-refractivity contribution >= 4 is 11.8 Å². The van der Waals surface area contributed by atoms with Crippen LogP contribution in [0.15, 0.2) is 10.6 Å². The number of aromatic nitrogens is 4. The van der Waals surface area contributed by atoms with Gasteiger partial charge in [0.05, 0.1) is 6.54 Å². The highest BCUT2D eigenvalue weighted by Crippen LogP contribution is 2.29. The van der Waals surface area contributed by atoms with E-state index in [2.05, 4.69) is 30.7 Å². The van der Waals surface area contributed by atoms with Gasteiger partial charge in [-0.3, -0.25) is 0 Å². The highest BCUT2D eigenvalue weighted by molar-refractivity contribution is 5.42. The number of nitrogens with zero attached hydrogens (tertiary/aromatic N) is 4. The molecule has 0 saturated carbocycles. The third-order valence-electron chi connectivity index (χ3n) is 2.24. The van der Waals surface area contributed by atoms with E-state index >= 15 is 0 Å².